The van der Waals surface area contributed by atoms with Crippen molar-refractivity contribution in [2.24, 2.45) is 17.3 Å². The Hall–Kier alpha value is -0.570. The lowest BCUT2D eigenvalue weighted by molar-refractivity contribution is -0.134. The zero-order valence-electron chi connectivity index (χ0n) is 11.7. The highest BCUT2D eigenvalue weighted by atomic mass is 16.2. The molecule has 2 saturated carbocycles. The van der Waals surface area contributed by atoms with E-state index in [0.717, 1.165) is 26.1 Å². The van der Waals surface area contributed by atoms with E-state index in [1.807, 2.05) is 0 Å². The third-order valence-electron chi connectivity index (χ3n) is 4.92. The predicted octanol–water partition coefficient (Wildman–Crippen LogP) is 2.02. The summed E-state index contributed by atoms with van der Waals surface area (Å²) >= 11 is 0. The Balaban J connectivity index is 1.63. The van der Waals surface area contributed by atoms with E-state index in [-0.39, 0.29) is 0 Å². The number of nitrogens with zero attached hydrogens (tertiary/aromatic N) is 1. The Bertz CT molecular complexity index is 329. The van der Waals surface area contributed by atoms with Crippen LogP contribution in [0, 0.1) is 17.3 Å². The Morgan fingerprint density at radius 2 is 2.00 bits per heavy atom. The van der Waals surface area contributed by atoms with Gasteiger partial charge in [-0.1, -0.05) is 13.8 Å². The van der Waals surface area contributed by atoms with Crippen LogP contribution >= 0.6 is 0 Å². The number of rotatable bonds is 4. The summed E-state index contributed by atoms with van der Waals surface area (Å²) in [4.78, 5) is 14.9. The summed E-state index contributed by atoms with van der Waals surface area (Å²) in [5.41, 5.74) is 0.395. The van der Waals surface area contributed by atoms with Gasteiger partial charge in [0.25, 0.3) is 0 Å². The van der Waals surface area contributed by atoms with Crippen molar-refractivity contribution in [1.82, 2.24) is 10.2 Å². The molecular formula is C15H26N2O. The van der Waals surface area contributed by atoms with Gasteiger partial charge in [0.2, 0.25) is 5.91 Å². The molecule has 3 nitrogen and oxygen atoms in total. The highest BCUT2D eigenvalue weighted by Crippen LogP contribution is 2.59. The molecule has 1 spiro atoms. The summed E-state index contributed by atoms with van der Waals surface area (Å²) in [7, 11) is 0. The molecule has 0 aromatic carbocycles. The lowest BCUT2D eigenvalue weighted by Gasteiger charge is -2.28. The molecule has 0 radical (unpaired) electrons. The smallest absolute Gasteiger partial charge is 0.226 e. The fourth-order valence-electron chi connectivity index (χ4n) is 3.57. The molecule has 1 amide bonds. The van der Waals surface area contributed by atoms with Gasteiger partial charge >= 0.3 is 0 Å². The van der Waals surface area contributed by atoms with Gasteiger partial charge in [-0.25, -0.2) is 0 Å². The van der Waals surface area contributed by atoms with Crippen LogP contribution in [0.3, 0.4) is 0 Å². The second-order valence-corrected chi connectivity index (χ2v) is 6.98. The van der Waals surface area contributed by atoms with E-state index < -0.39 is 0 Å². The monoisotopic (exact) mass is 250 g/mol. The first-order valence-electron chi connectivity index (χ1n) is 7.63. The van der Waals surface area contributed by atoms with E-state index in [1.54, 1.807) is 0 Å². The molecule has 1 heterocycles. The van der Waals surface area contributed by atoms with E-state index in [2.05, 4.69) is 24.1 Å². The fourth-order valence-corrected chi connectivity index (χ4v) is 3.57. The number of nitrogens with one attached hydrogen (secondary N) is 1. The summed E-state index contributed by atoms with van der Waals surface area (Å²) in [5, 5.41) is 3.41. The van der Waals surface area contributed by atoms with Gasteiger partial charge in [-0.3, -0.25) is 4.79 Å². The highest BCUT2D eigenvalue weighted by molar-refractivity contribution is 5.83. The highest BCUT2D eigenvalue weighted by Gasteiger charge is 2.59. The maximum Gasteiger partial charge on any atom is 0.226 e. The molecule has 3 fully saturated rings. The van der Waals surface area contributed by atoms with E-state index in [0.29, 0.717) is 29.2 Å². The van der Waals surface area contributed by atoms with Crippen LogP contribution in [0.4, 0.5) is 0 Å². The molecule has 3 aliphatic rings. The minimum absolute atomic E-state index is 0.360. The van der Waals surface area contributed by atoms with Crippen LogP contribution < -0.4 is 5.32 Å². The number of carbonyl (C=O) groups is 1. The van der Waals surface area contributed by atoms with E-state index in [9.17, 15) is 4.79 Å². The zero-order chi connectivity index (χ0) is 12.8. The van der Waals surface area contributed by atoms with Crippen LogP contribution in [0.15, 0.2) is 0 Å². The normalized spacial score (nSPS) is 29.6. The van der Waals surface area contributed by atoms with Crippen molar-refractivity contribution < 1.29 is 4.79 Å². The van der Waals surface area contributed by atoms with Gasteiger partial charge in [-0.05, 0) is 56.5 Å². The van der Waals surface area contributed by atoms with Crippen molar-refractivity contribution in [1.29, 1.82) is 0 Å². The first kappa shape index (κ1) is 12.5. The van der Waals surface area contributed by atoms with Gasteiger partial charge in [0, 0.05) is 18.5 Å². The van der Waals surface area contributed by atoms with E-state index in [1.165, 1.54) is 25.7 Å². The molecule has 1 unspecified atom stereocenters. The molecule has 0 aromatic heterocycles. The number of amides is 1. The topological polar surface area (TPSA) is 32.3 Å². The van der Waals surface area contributed by atoms with Crippen LogP contribution in [0.5, 0.6) is 0 Å². The quantitative estimate of drug-likeness (QED) is 0.828. The number of piperidine rings is 1. The van der Waals surface area contributed by atoms with Gasteiger partial charge in [-0.15, -0.1) is 0 Å². The molecular weight excluding hydrogens is 224 g/mol. The second-order valence-electron chi connectivity index (χ2n) is 6.98. The Morgan fingerprint density at radius 3 is 2.56 bits per heavy atom. The van der Waals surface area contributed by atoms with Gasteiger partial charge in [-0.2, -0.15) is 0 Å². The summed E-state index contributed by atoms with van der Waals surface area (Å²) < 4.78 is 0. The first-order chi connectivity index (χ1) is 8.62. The molecule has 0 aromatic rings. The predicted molar refractivity (Wildman–Crippen MR) is 72.2 cm³/mol. The van der Waals surface area contributed by atoms with E-state index in [4.69, 9.17) is 0 Å². The third-order valence-corrected chi connectivity index (χ3v) is 4.92. The first-order valence-corrected chi connectivity index (χ1v) is 7.63. The van der Waals surface area contributed by atoms with Gasteiger partial charge in [0.1, 0.15) is 0 Å². The maximum absolute atomic E-state index is 12.7. The van der Waals surface area contributed by atoms with Crippen LogP contribution in [-0.4, -0.2) is 36.5 Å². The lowest BCUT2D eigenvalue weighted by atomic mass is 9.91. The summed E-state index contributed by atoms with van der Waals surface area (Å²) in [6.07, 6.45) is 6.06. The Morgan fingerprint density at radius 1 is 1.33 bits per heavy atom. The molecule has 1 atom stereocenters. The Kier molecular flexibility index (Phi) is 3.13. The van der Waals surface area contributed by atoms with Gasteiger partial charge in [0.15, 0.2) is 0 Å². The summed E-state index contributed by atoms with van der Waals surface area (Å²) in [5.74, 6) is 1.43. The molecule has 18 heavy (non-hydrogen) atoms. The van der Waals surface area contributed by atoms with Gasteiger partial charge in [0.05, 0.1) is 0 Å². The zero-order valence-corrected chi connectivity index (χ0v) is 11.7. The summed E-state index contributed by atoms with van der Waals surface area (Å²) in [6, 6.07) is 0.583. The molecule has 1 saturated heterocycles. The number of carbonyl (C=O) groups excluding carboxylic acids is 1. The minimum atomic E-state index is 0.360. The summed E-state index contributed by atoms with van der Waals surface area (Å²) in [6.45, 7) is 7.62. The molecule has 1 N–H and O–H groups in total. The van der Waals surface area contributed by atoms with Crippen LogP contribution in [0.1, 0.15) is 46.0 Å². The van der Waals surface area contributed by atoms with Crippen molar-refractivity contribution in [2.45, 2.75) is 52.0 Å². The van der Waals surface area contributed by atoms with Crippen molar-refractivity contribution >= 4 is 5.91 Å². The molecule has 3 rings (SSSR count). The number of hydrogen-bond donors (Lipinski definition) is 1. The van der Waals surface area contributed by atoms with E-state index >= 15 is 0 Å². The molecule has 0 bridgehead atoms. The average Bonchev–Trinajstić information content (AvgIpc) is 3.23. The van der Waals surface area contributed by atoms with Gasteiger partial charge < -0.3 is 10.2 Å². The van der Waals surface area contributed by atoms with Crippen molar-refractivity contribution in [2.75, 3.05) is 19.6 Å². The molecule has 2 aliphatic carbocycles. The third kappa shape index (κ3) is 2.29. The average molecular weight is 250 g/mol. The molecule has 3 heteroatoms. The Labute approximate surface area is 110 Å². The van der Waals surface area contributed by atoms with Crippen molar-refractivity contribution in [3.8, 4) is 0 Å². The van der Waals surface area contributed by atoms with Crippen molar-refractivity contribution in [3.05, 3.63) is 0 Å². The minimum Gasteiger partial charge on any atom is -0.339 e. The standard InChI is InChI=1S/C15H26N2O/c1-11(2)10-17(12-3-4-12)14(18)13-9-15(13)5-7-16-8-6-15/h11-13,16H,3-10H2,1-2H3. The molecule has 1 aliphatic heterocycles. The lowest BCUT2D eigenvalue weighted by Crippen LogP contribution is -2.39. The van der Waals surface area contributed by atoms with Crippen LogP contribution in [0.2, 0.25) is 0 Å². The van der Waals surface area contributed by atoms with Crippen LogP contribution in [0.25, 0.3) is 0 Å². The maximum atomic E-state index is 12.7. The second kappa shape index (κ2) is 4.52. The largest absolute Gasteiger partial charge is 0.339 e. The molecule has 102 valence electrons. The van der Waals surface area contributed by atoms with Crippen LogP contribution in [-0.2, 0) is 4.79 Å². The fraction of sp³-hybridized carbons (Fsp3) is 0.933. The van der Waals surface area contributed by atoms with Crippen molar-refractivity contribution in [3.63, 3.8) is 0 Å². The number of hydrogen-bond acceptors (Lipinski definition) is 2. The SMILES string of the molecule is CC(C)CN(C(=O)C1CC12CCNCC2)C1CC1.